The smallest absolute Gasteiger partial charge is 0.339 e. The average molecular weight is 427 g/mol. The highest BCUT2D eigenvalue weighted by molar-refractivity contribution is 6.05. The van der Waals surface area contributed by atoms with E-state index < -0.39 is 18.5 Å². The zero-order valence-electron chi connectivity index (χ0n) is 17.4. The Bertz CT molecular complexity index is 1240. The Morgan fingerprint density at radius 1 is 0.969 bits per heavy atom. The minimum Gasteiger partial charge on any atom is -0.494 e. The molecular formula is C25H21N3O4. The molecule has 0 unspecified atom stereocenters. The van der Waals surface area contributed by atoms with E-state index in [0.29, 0.717) is 40.2 Å². The maximum atomic E-state index is 12.9. The third-order valence-electron chi connectivity index (χ3n) is 4.70. The number of aromatic nitrogens is 2. The Balaban J connectivity index is 1.49. The van der Waals surface area contributed by atoms with Crippen LogP contribution in [0.3, 0.4) is 0 Å². The van der Waals surface area contributed by atoms with Crippen molar-refractivity contribution < 1.29 is 19.1 Å². The van der Waals surface area contributed by atoms with Crippen molar-refractivity contribution in [2.75, 3.05) is 18.5 Å². The summed E-state index contributed by atoms with van der Waals surface area (Å²) in [6, 6.07) is 19.6. The van der Waals surface area contributed by atoms with Crippen molar-refractivity contribution >= 4 is 28.5 Å². The highest BCUT2D eigenvalue weighted by atomic mass is 16.5. The van der Waals surface area contributed by atoms with Crippen molar-refractivity contribution in [1.82, 2.24) is 9.97 Å². The molecule has 4 rings (SSSR count). The Morgan fingerprint density at radius 3 is 2.47 bits per heavy atom. The fraction of sp³-hybridized carbons (Fsp3) is 0.120. The van der Waals surface area contributed by atoms with Crippen LogP contribution in [-0.2, 0) is 9.53 Å². The summed E-state index contributed by atoms with van der Waals surface area (Å²) in [5.74, 6) is -0.317. The summed E-state index contributed by atoms with van der Waals surface area (Å²) in [4.78, 5) is 33.8. The first-order valence-corrected chi connectivity index (χ1v) is 10.1. The molecule has 0 spiro atoms. The molecule has 2 heterocycles. The van der Waals surface area contributed by atoms with E-state index in [-0.39, 0.29) is 0 Å². The molecule has 0 aliphatic rings. The molecule has 0 bridgehead atoms. The zero-order valence-corrected chi connectivity index (χ0v) is 17.4. The van der Waals surface area contributed by atoms with Crippen LogP contribution in [0, 0.1) is 0 Å². The number of anilines is 1. The van der Waals surface area contributed by atoms with Gasteiger partial charge in [0.25, 0.3) is 5.91 Å². The molecule has 0 fully saturated rings. The molecule has 1 amide bonds. The molecule has 2 aromatic heterocycles. The van der Waals surface area contributed by atoms with Gasteiger partial charge in [0, 0.05) is 29.0 Å². The van der Waals surface area contributed by atoms with Crippen LogP contribution in [-0.4, -0.2) is 35.1 Å². The fourth-order valence-electron chi connectivity index (χ4n) is 3.22. The summed E-state index contributed by atoms with van der Waals surface area (Å²) in [5, 5.41) is 3.36. The number of nitrogens with zero attached hydrogens (tertiary/aromatic N) is 2. The van der Waals surface area contributed by atoms with E-state index in [1.54, 1.807) is 48.8 Å². The SMILES string of the molecule is CCOc1ccc(NC(=O)COC(=O)c2cc(-c3ccncc3)nc3ccccc23)cc1. The monoisotopic (exact) mass is 427 g/mol. The lowest BCUT2D eigenvalue weighted by Crippen LogP contribution is -2.21. The lowest BCUT2D eigenvalue weighted by atomic mass is 10.0. The van der Waals surface area contributed by atoms with Crippen LogP contribution >= 0.6 is 0 Å². The largest absolute Gasteiger partial charge is 0.494 e. The number of carbonyl (C=O) groups is 2. The molecule has 0 aliphatic heterocycles. The number of hydrogen-bond acceptors (Lipinski definition) is 6. The van der Waals surface area contributed by atoms with Gasteiger partial charge < -0.3 is 14.8 Å². The number of para-hydroxylation sites is 1. The molecule has 7 nitrogen and oxygen atoms in total. The Kier molecular flexibility index (Phi) is 6.36. The third-order valence-corrected chi connectivity index (χ3v) is 4.70. The molecule has 0 atom stereocenters. The second kappa shape index (κ2) is 9.70. The summed E-state index contributed by atoms with van der Waals surface area (Å²) in [5.41, 5.74) is 3.04. The second-order valence-electron chi connectivity index (χ2n) is 6.89. The number of fused-ring (bicyclic) bond motifs is 1. The van der Waals surface area contributed by atoms with Gasteiger partial charge >= 0.3 is 5.97 Å². The first-order valence-electron chi connectivity index (χ1n) is 10.1. The van der Waals surface area contributed by atoms with Gasteiger partial charge in [0.15, 0.2) is 6.61 Å². The zero-order chi connectivity index (χ0) is 22.3. The number of ether oxygens (including phenoxy) is 2. The molecule has 0 saturated carbocycles. The fourth-order valence-corrected chi connectivity index (χ4v) is 3.22. The predicted molar refractivity (Wildman–Crippen MR) is 121 cm³/mol. The first-order chi connectivity index (χ1) is 15.6. The minimum atomic E-state index is -0.597. The number of benzene rings is 2. The van der Waals surface area contributed by atoms with Gasteiger partial charge in [-0.2, -0.15) is 0 Å². The van der Waals surface area contributed by atoms with E-state index in [0.717, 1.165) is 5.56 Å². The summed E-state index contributed by atoms with van der Waals surface area (Å²) in [6.45, 7) is 2.05. The molecule has 0 radical (unpaired) electrons. The van der Waals surface area contributed by atoms with Gasteiger partial charge in [0.1, 0.15) is 5.75 Å². The van der Waals surface area contributed by atoms with Gasteiger partial charge in [-0.05, 0) is 55.5 Å². The van der Waals surface area contributed by atoms with Crippen molar-refractivity contribution in [3.8, 4) is 17.0 Å². The van der Waals surface area contributed by atoms with Crippen LogP contribution in [0.1, 0.15) is 17.3 Å². The van der Waals surface area contributed by atoms with E-state index in [1.807, 2.05) is 37.3 Å². The van der Waals surface area contributed by atoms with E-state index in [1.165, 1.54) is 0 Å². The van der Waals surface area contributed by atoms with Gasteiger partial charge in [-0.1, -0.05) is 18.2 Å². The number of esters is 1. The molecule has 4 aromatic rings. The van der Waals surface area contributed by atoms with Gasteiger partial charge in [-0.3, -0.25) is 9.78 Å². The van der Waals surface area contributed by atoms with Crippen LogP contribution in [0.25, 0.3) is 22.2 Å². The summed E-state index contributed by atoms with van der Waals surface area (Å²) in [7, 11) is 0. The predicted octanol–water partition coefficient (Wildman–Crippen LogP) is 4.49. The maximum absolute atomic E-state index is 12.9. The molecule has 32 heavy (non-hydrogen) atoms. The third kappa shape index (κ3) is 4.89. The van der Waals surface area contributed by atoms with Gasteiger partial charge in [-0.25, -0.2) is 9.78 Å². The van der Waals surface area contributed by atoms with E-state index >= 15 is 0 Å². The highest BCUT2D eigenvalue weighted by Crippen LogP contribution is 2.25. The van der Waals surface area contributed by atoms with Gasteiger partial charge in [-0.15, -0.1) is 0 Å². The second-order valence-corrected chi connectivity index (χ2v) is 6.89. The Morgan fingerprint density at radius 2 is 1.72 bits per heavy atom. The number of nitrogens with one attached hydrogen (secondary N) is 1. The van der Waals surface area contributed by atoms with Gasteiger partial charge in [0.2, 0.25) is 0 Å². The molecule has 7 heteroatoms. The van der Waals surface area contributed by atoms with Crippen molar-refractivity contribution in [3.63, 3.8) is 0 Å². The lowest BCUT2D eigenvalue weighted by Gasteiger charge is -2.11. The molecule has 160 valence electrons. The summed E-state index contributed by atoms with van der Waals surface area (Å²) in [6.07, 6.45) is 3.32. The average Bonchev–Trinajstić information content (AvgIpc) is 2.84. The molecule has 0 aliphatic carbocycles. The molecule has 0 saturated heterocycles. The Labute approximate surface area is 185 Å². The maximum Gasteiger partial charge on any atom is 0.339 e. The quantitative estimate of drug-likeness (QED) is 0.437. The number of rotatable bonds is 7. The lowest BCUT2D eigenvalue weighted by molar-refractivity contribution is -0.119. The minimum absolute atomic E-state index is 0.344. The van der Waals surface area contributed by atoms with E-state index in [9.17, 15) is 9.59 Å². The highest BCUT2D eigenvalue weighted by Gasteiger charge is 2.16. The summed E-state index contributed by atoms with van der Waals surface area (Å²) < 4.78 is 10.7. The van der Waals surface area contributed by atoms with E-state index in [2.05, 4.69) is 15.3 Å². The molecule has 2 aromatic carbocycles. The molecule has 1 N–H and O–H groups in total. The van der Waals surface area contributed by atoms with Crippen LogP contribution < -0.4 is 10.1 Å². The van der Waals surface area contributed by atoms with Gasteiger partial charge in [0.05, 0.1) is 23.4 Å². The number of hydrogen-bond donors (Lipinski definition) is 1. The van der Waals surface area contributed by atoms with E-state index in [4.69, 9.17) is 9.47 Å². The molecular weight excluding hydrogens is 406 g/mol. The van der Waals surface area contributed by atoms with Crippen LogP contribution in [0.2, 0.25) is 0 Å². The number of amides is 1. The Hall–Kier alpha value is -4.26. The summed E-state index contributed by atoms with van der Waals surface area (Å²) >= 11 is 0. The van der Waals surface area contributed by atoms with Crippen molar-refractivity contribution in [1.29, 1.82) is 0 Å². The number of carbonyl (C=O) groups excluding carboxylic acids is 2. The van der Waals surface area contributed by atoms with Crippen LogP contribution in [0.4, 0.5) is 5.69 Å². The van der Waals surface area contributed by atoms with Crippen LogP contribution in [0.15, 0.2) is 79.1 Å². The van der Waals surface area contributed by atoms with Crippen molar-refractivity contribution in [3.05, 3.63) is 84.7 Å². The van der Waals surface area contributed by atoms with Crippen molar-refractivity contribution in [2.24, 2.45) is 0 Å². The standard InChI is InChI=1S/C25H21N3O4/c1-2-31-19-9-7-18(8-10-19)27-24(29)16-32-25(30)21-15-23(17-11-13-26-14-12-17)28-22-6-4-3-5-20(21)22/h3-15H,2,16H2,1H3,(H,27,29). The van der Waals surface area contributed by atoms with Crippen molar-refractivity contribution in [2.45, 2.75) is 6.92 Å². The topological polar surface area (TPSA) is 90.4 Å². The first kappa shape index (κ1) is 21.0. The van der Waals surface area contributed by atoms with Crippen LogP contribution in [0.5, 0.6) is 5.75 Å². The normalized spacial score (nSPS) is 10.5. The number of pyridine rings is 2.